The normalized spacial score (nSPS) is 25.9. The Labute approximate surface area is 48.2 Å². The molecule has 0 saturated carbocycles. The Morgan fingerprint density at radius 1 is 1.75 bits per heavy atom. The van der Waals surface area contributed by atoms with Crippen LogP contribution in [0, 0.1) is 0 Å². The number of hydrogen-bond acceptors (Lipinski definition) is 3. The Morgan fingerprint density at radius 2 is 2.50 bits per heavy atom. The van der Waals surface area contributed by atoms with Gasteiger partial charge in [-0.15, -0.1) is 0 Å². The van der Waals surface area contributed by atoms with Crippen LogP contribution in [-0.4, -0.2) is 31.2 Å². The van der Waals surface area contributed by atoms with E-state index in [1.165, 1.54) is 0 Å². The minimum atomic E-state index is 0.0431. The van der Waals surface area contributed by atoms with Crippen molar-refractivity contribution in [2.24, 2.45) is 0 Å². The Hall–Kier alpha value is -0.120. The molecule has 0 aliphatic carbocycles. The van der Waals surface area contributed by atoms with Crippen LogP contribution >= 0.6 is 0 Å². The largest absolute Gasteiger partial charge is 0.396 e. The Balaban J connectivity index is 1.74. The summed E-state index contributed by atoms with van der Waals surface area (Å²) in [6, 6.07) is 0. The molecule has 0 amide bonds. The zero-order valence-electron chi connectivity index (χ0n) is 4.67. The Morgan fingerprint density at radius 3 is 3.00 bits per heavy atom. The summed E-state index contributed by atoms with van der Waals surface area (Å²) in [6.45, 7) is 1.54. The van der Waals surface area contributed by atoms with E-state index in [9.17, 15) is 0 Å². The van der Waals surface area contributed by atoms with Crippen LogP contribution in [0.15, 0.2) is 0 Å². The first kappa shape index (κ1) is 6.01. The van der Waals surface area contributed by atoms with Gasteiger partial charge in [0.1, 0.15) is 6.61 Å². The molecule has 1 aliphatic rings. The smallest absolute Gasteiger partial charge is 0.181 e. The molecule has 0 radical (unpaired) electrons. The van der Waals surface area contributed by atoms with E-state index < -0.39 is 0 Å². The van der Waals surface area contributed by atoms with Gasteiger partial charge in [0.25, 0.3) is 0 Å². The summed E-state index contributed by atoms with van der Waals surface area (Å²) in [7, 11) is 0. The first-order chi connectivity index (χ1) is 3.93. The van der Waals surface area contributed by atoms with Gasteiger partial charge in [0.15, 0.2) is 6.29 Å². The van der Waals surface area contributed by atoms with Crippen LogP contribution in [0.2, 0.25) is 0 Å². The third-order valence-corrected chi connectivity index (χ3v) is 0.909. The quantitative estimate of drug-likeness (QED) is 0.408. The molecule has 1 heterocycles. The summed E-state index contributed by atoms with van der Waals surface area (Å²) in [5, 5.41) is 8.28. The van der Waals surface area contributed by atoms with Gasteiger partial charge in [-0.25, -0.2) is 0 Å². The number of hydrogen-bond donors (Lipinski definition) is 1. The van der Waals surface area contributed by atoms with E-state index in [0.29, 0.717) is 13.0 Å². The van der Waals surface area contributed by atoms with Gasteiger partial charge in [-0.2, -0.15) is 0 Å². The number of aliphatic hydroxyl groups excluding tert-OH is 1. The second-order valence-corrected chi connectivity index (χ2v) is 1.71. The van der Waals surface area contributed by atoms with Gasteiger partial charge < -0.3 is 14.6 Å². The molecule has 1 N–H and O–H groups in total. The van der Waals surface area contributed by atoms with Crippen molar-refractivity contribution >= 4 is 0 Å². The SMILES string of the molecule is OCCCOC1CO1. The van der Waals surface area contributed by atoms with Crippen LogP contribution in [0.1, 0.15) is 6.42 Å². The van der Waals surface area contributed by atoms with Crippen molar-refractivity contribution < 1.29 is 14.6 Å². The second kappa shape index (κ2) is 3.02. The maximum atomic E-state index is 8.28. The maximum Gasteiger partial charge on any atom is 0.181 e. The third-order valence-electron chi connectivity index (χ3n) is 0.909. The molecule has 0 aromatic heterocycles. The summed E-state index contributed by atoms with van der Waals surface area (Å²) < 4.78 is 9.76. The van der Waals surface area contributed by atoms with Crippen molar-refractivity contribution in [3.8, 4) is 0 Å². The average Bonchev–Trinajstić information content (AvgIpc) is 2.51. The number of rotatable bonds is 4. The molecular weight excluding hydrogens is 108 g/mol. The van der Waals surface area contributed by atoms with Crippen molar-refractivity contribution in [2.45, 2.75) is 12.7 Å². The van der Waals surface area contributed by atoms with Gasteiger partial charge in [-0.1, -0.05) is 0 Å². The molecule has 0 aromatic carbocycles. The maximum absolute atomic E-state index is 8.28. The van der Waals surface area contributed by atoms with E-state index in [1.54, 1.807) is 0 Å². The van der Waals surface area contributed by atoms with E-state index in [0.717, 1.165) is 6.61 Å². The van der Waals surface area contributed by atoms with Gasteiger partial charge in [-0.05, 0) is 6.42 Å². The first-order valence-corrected chi connectivity index (χ1v) is 2.77. The molecule has 0 aromatic rings. The second-order valence-electron chi connectivity index (χ2n) is 1.71. The highest BCUT2D eigenvalue weighted by atomic mass is 16.8. The molecule has 1 atom stereocenters. The lowest BCUT2D eigenvalue weighted by Gasteiger charge is -1.94. The molecule has 1 aliphatic heterocycles. The van der Waals surface area contributed by atoms with Gasteiger partial charge in [-0.3, -0.25) is 0 Å². The number of epoxide rings is 1. The fraction of sp³-hybridized carbons (Fsp3) is 1.00. The fourth-order valence-electron chi connectivity index (χ4n) is 0.415. The minimum absolute atomic E-state index is 0.0431. The van der Waals surface area contributed by atoms with Crippen LogP contribution in [0.3, 0.4) is 0 Å². The van der Waals surface area contributed by atoms with Crippen molar-refractivity contribution in [1.29, 1.82) is 0 Å². The fourth-order valence-corrected chi connectivity index (χ4v) is 0.415. The van der Waals surface area contributed by atoms with Crippen LogP contribution < -0.4 is 0 Å². The highest BCUT2D eigenvalue weighted by molar-refractivity contribution is 4.54. The first-order valence-electron chi connectivity index (χ1n) is 2.77. The summed E-state index contributed by atoms with van der Waals surface area (Å²) in [6.07, 6.45) is 0.751. The lowest BCUT2D eigenvalue weighted by molar-refractivity contribution is 0.0420. The van der Waals surface area contributed by atoms with Crippen molar-refractivity contribution in [3.63, 3.8) is 0 Å². The number of aliphatic hydroxyl groups is 1. The molecule has 48 valence electrons. The third kappa shape index (κ3) is 2.26. The van der Waals surface area contributed by atoms with E-state index in [2.05, 4.69) is 0 Å². The average molecular weight is 118 g/mol. The van der Waals surface area contributed by atoms with E-state index in [-0.39, 0.29) is 12.9 Å². The predicted octanol–water partition coefficient (Wildman–Crippen LogP) is -0.258. The predicted molar refractivity (Wildman–Crippen MR) is 27.4 cm³/mol. The molecule has 1 unspecified atom stereocenters. The van der Waals surface area contributed by atoms with Crippen molar-refractivity contribution in [1.82, 2.24) is 0 Å². The monoisotopic (exact) mass is 118 g/mol. The number of ether oxygens (including phenoxy) is 2. The highest BCUT2D eigenvalue weighted by Gasteiger charge is 2.22. The van der Waals surface area contributed by atoms with Crippen LogP contribution in [0.5, 0.6) is 0 Å². The molecule has 3 nitrogen and oxygen atoms in total. The van der Waals surface area contributed by atoms with Gasteiger partial charge in [0, 0.05) is 6.61 Å². The topological polar surface area (TPSA) is 42.0 Å². The summed E-state index contributed by atoms with van der Waals surface area (Å²) in [5.41, 5.74) is 0. The summed E-state index contributed by atoms with van der Waals surface area (Å²) in [5.74, 6) is 0. The highest BCUT2D eigenvalue weighted by Crippen LogP contribution is 2.09. The van der Waals surface area contributed by atoms with Crippen LogP contribution in [0.4, 0.5) is 0 Å². The van der Waals surface area contributed by atoms with Crippen molar-refractivity contribution in [3.05, 3.63) is 0 Å². The van der Waals surface area contributed by atoms with E-state index >= 15 is 0 Å². The molecule has 1 rings (SSSR count). The molecular formula is C5H10O3. The molecule has 0 bridgehead atoms. The lowest BCUT2D eigenvalue weighted by Crippen LogP contribution is -1.99. The van der Waals surface area contributed by atoms with E-state index in [1.807, 2.05) is 0 Å². The standard InChI is InChI=1S/C5H10O3/c6-2-1-3-7-5-4-8-5/h5-6H,1-4H2. The Bertz CT molecular complexity index is 60.7. The molecule has 0 spiro atoms. The molecule has 8 heavy (non-hydrogen) atoms. The summed E-state index contributed by atoms with van der Waals surface area (Å²) >= 11 is 0. The summed E-state index contributed by atoms with van der Waals surface area (Å²) in [4.78, 5) is 0. The van der Waals surface area contributed by atoms with Crippen molar-refractivity contribution in [2.75, 3.05) is 19.8 Å². The molecule has 1 saturated heterocycles. The zero-order chi connectivity index (χ0) is 5.82. The van der Waals surface area contributed by atoms with Gasteiger partial charge in [0.2, 0.25) is 0 Å². The minimum Gasteiger partial charge on any atom is -0.396 e. The van der Waals surface area contributed by atoms with Gasteiger partial charge in [0.05, 0.1) is 6.61 Å². The zero-order valence-corrected chi connectivity index (χ0v) is 4.67. The van der Waals surface area contributed by atoms with Crippen LogP contribution in [0.25, 0.3) is 0 Å². The molecule has 3 heteroatoms. The van der Waals surface area contributed by atoms with Crippen LogP contribution in [-0.2, 0) is 9.47 Å². The molecule has 1 fully saturated rings. The van der Waals surface area contributed by atoms with E-state index in [4.69, 9.17) is 14.6 Å². The van der Waals surface area contributed by atoms with Gasteiger partial charge >= 0.3 is 0 Å². The Kier molecular flexibility index (Phi) is 2.27. The lowest BCUT2D eigenvalue weighted by atomic mass is 10.5.